The van der Waals surface area contributed by atoms with E-state index in [1.165, 1.54) is 0 Å². The minimum atomic E-state index is -0.570. The van der Waals surface area contributed by atoms with Gasteiger partial charge in [-0.15, -0.1) is 0 Å². The number of nitrogens with one attached hydrogen (secondary N) is 3. The van der Waals surface area contributed by atoms with Crippen molar-refractivity contribution in [2.45, 2.75) is 51.2 Å². The molecule has 0 aromatic carbocycles. The fourth-order valence-electron chi connectivity index (χ4n) is 3.83. The Morgan fingerprint density at radius 3 is 2.70 bits per heavy atom. The highest BCUT2D eigenvalue weighted by molar-refractivity contribution is 6.35. The highest BCUT2D eigenvalue weighted by atomic mass is 16.2. The summed E-state index contributed by atoms with van der Waals surface area (Å²) in [5.74, 6) is -1.09. The maximum Gasteiger partial charge on any atom is 0.311 e. The summed E-state index contributed by atoms with van der Waals surface area (Å²) in [6.45, 7) is 4.77. The van der Waals surface area contributed by atoms with Gasteiger partial charge in [-0.2, -0.15) is 0 Å². The van der Waals surface area contributed by atoms with Gasteiger partial charge in [-0.1, -0.05) is 0 Å². The Labute approximate surface area is 158 Å². The Bertz CT molecular complexity index is 656. The molecule has 3 N–H and O–H groups in total. The lowest BCUT2D eigenvalue weighted by atomic mass is 10.1. The Kier molecular flexibility index (Phi) is 6.44. The second kappa shape index (κ2) is 8.98. The predicted molar refractivity (Wildman–Crippen MR) is 98.4 cm³/mol. The third-order valence-electron chi connectivity index (χ3n) is 5.16. The monoisotopic (exact) mass is 376 g/mol. The number of rotatable bonds is 5. The molecular weight excluding hydrogens is 348 g/mol. The number of imidazole rings is 1. The SMILES string of the molecule is CCNC(=O)[C@@H]1C[C@H](NC(=O)C(=O)N2CCCCC2)CN1Cc1cnc[nH]1. The number of likely N-dealkylation sites (tertiary alicyclic amines) is 2. The average Bonchev–Trinajstić information content (AvgIpc) is 3.32. The molecule has 1 aromatic rings. The summed E-state index contributed by atoms with van der Waals surface area (Å²) in [4.78, 5) is 47.8. The largest absolute Gasteiger partial charge is 0.355 e. The maximum absolute atomic E-state index is 12.4. The van der Waals surface area contributed by atoms with Crippen LogP contribution in [-0.2, 0) is 20.9 Å². The molecule has 148 valence electrons. The number of carbonyl (C=O) groups excluding carboxylic acids is 3. The highest BCUT2D eigenvalue weighted by Crippen LogP contribution is 2.20. The molecule has 0 saturated carbocycles. The lowest BCUT2D eigenvalue weighted by molar-refractivity contribution is -0.146. The molecule has 3 heterocycles. The quantitative estimate of drug-likeness (QED) is 0.607. The maximum atomic E-state index is 12.4. The van der Waals surface area contributed by atoms with Crippen LogP contribution in [0.3, 0.4) is 0 Å². The fraction of sp³-hybridized carbons (Fsp3) is 0.667. The summed E-state index contributed by atoms with van der Waals surface area (Å²) in [6, 6.07) is -0.578. The average molecular weight is 376 g/mol. The minimum absolute atomic E-state index is 0.0591. The first kappa shape index (κ1) is 19.3. The zero-order valence-electron chi connectivity index (χ0n) is 15.7. The van der Waals surface area contributed by atoms with Gasteiger partial charge in [0.15, 0.2) is 0 Å². The van der Waals surface area contributed by atoms with Crippen molar-refractivity contribution in [2.75, 3.05) is 26.2 Å². The molecule has 0 bridgehead atoms. The predicted octanol–water partition coefficient (Wildman–Crippen LogP) is -0.383. The van der Waals surface area contributed by atoms with Gasteiger partial charge in [0.2, 0.25) is 5.91 Å². The lowest BCUT2D eigenvalue weighted by Gasteiger charge is -2.26. The van der Waals surface area contributed by atoms with E-state index in [-0.39, 0.29) is 18.0 Å². The Hall–Kier alpha value is -2.42. The summed E-state index contributed by atoms with van der Waals surface area (Å²) >= 11 is 0. The lowest BCUT2D eigenvalue weighted by Crippen LogP contribution is -2.48. The number of H-pyrrole nitrogens is 1. The van der Waals surface area contributed by atoms with Gasteiger partial charge in [-0.3, -0.25) is 19.3 Å². The number of carbonyl (C=O) groups is 3. The van der Waals surface area contributed by atoms with Gasteiger partial charge in [0, 0.05) is 50.7 Å². The third-order valence-corrected chi connectivity index (χ3v) is 5.16. The van der Waals surface area contributed by atoms with Gasteiger partial charge in [0.1, 0.15) is 0 Å². The second-order valence-corrected chi connectivity index (χ2v) is 7.18. The van der Waals surface area contributed by atoms with Gasteiger partial charge in [0.25, 0.3) is 0 Å². The molecule has 0 spiro atoms. The summed E-state index contributed by atoms with van der Waals surface area (Å²) in [6.07, 6.45) is 6.80. The molecule has 2 saturated heterocycles. The molecule has 9 heteroatoms. The molecular formula is C18H28N6O3. The number of hydrogen-bond donors (Lipinski definition) is 3. The zero-order chi connectivity index (χ0) is 19.2. The number of nitrogens with zero attached hydrogens (tertiary/aromatic N) is 3. The van der Waals surface area contributed by atoms with Crippen molar-refractivity contribution in [1.29, 1.82) is 0 Å². The topological polar surface area (TPSA) is 110 Å². The molecule has 2 aliphatic heterocycles. The van der Waals surface area contributed by atoms with E-state index < -0.39 is 11.8 Å². The number of hydrogen-bond acceptors (Lipinski definition) is 5. The molecule has 9 nitrogen and oxygen atoms in total. The van der Waals surface area contributed by atoms with Crippen molar-refractivity contribution < 1.29 is 14.4 Å². The second-order valence-electron chi connectivity index (χ2n) is 7.18. The van der Waals surface area contributed by atoms with Crippen LogP contribution in [0.4, 0.5) is 0 Å². The van der Waals surface area contributed by atoms with E-state index in [9.17, 15) is 14.4 Å². The Morgan fingerprint density at radius 1 is 1.26 bits per heavy atom. The molecule has 2 aliphatic rings. The Balaban J connectivity index is 1.60. The smallest absolute Gasteiger partial charge is 0.311 e. The van der Waals surface area contributed by atoms with Gasteiger partial charge in [0.05, 0.1) is 12.4 Å². The van der Waals surface area contributed by atoms with Crippen molar-refractivity contribution in [3.8, 4) is 0 Å². The first-order valence-electron chi connectivity index (χ1n) is 9.67. The van der Waals surface area contributed by atoms with Gasteiger partial charge in [-0.05, 0) is 32.6 Å². The summed E-state index contributed by atoms with van der Waals surface area (Å²) < 4.78 is 0. The molecule has 0 unspecified atom stereocenters. The van der Waals surface area contributed by atoms with Gasteiger partial charge < -0.3 is 20.5 Å². The van der Waals surface area contributed by atoms with E-state index in [2.05, 4.69) is 20.6 Å². The standard InChI is InChI=1S/C18H28N6O3/c1-2-20-16(25)15-8-13(10-24(15)11-14-9-19-12-21-14)22-17(26)18(27)23-6-4-3-5-7-23/h9,12-13,15H,2-8,10-11H2,1H3,(H,19,21)(H,20,25)(H,22,26)/t13-,15-/m0/s1. The molecule has 2 fully saturated rings. The van der Waals surface area contributed by atoms with Gasteiger partial charge >= 0.3 is 11.8 Å². The van der Waals surface area contributed by atoms with E-state index in [0.29, 0.717) is 39.1 Å². The molecule has 3 amide bonds. The number of likely N-dealkylation sites (N-methyl/N-ethyl adjacent to an activating group) is 1. The van der Waals surface area contributed by atoms with E-state index in [0.717, 1.165) is 25.0 Å². The van der Waals surface area contributed by atoms with Crippen molar-refractivity contribution in [2.24, 2.45) is 0 Å². The number of aromatic nitrogens is 2. The van der Waals surface area contributed by atoms with Crippen LogP contribution in [0, 0.1) is 0 Å². The number of amides is 3. The van der Waals surface area contributed by atoms with E-state index in [4.69, 9.17) is 0 Å². The number of aromatic amines is 1. The fourth-order valence-corrected chi connectivity index (χ4v) is 3.83. The summed E-state index contributed by atoms with van der Waals surface area (Å²) in [7, 11) is 0. The third kappa shape index (κ3) is 4.85. The number of piperidine rings is 1. The molecule has 2 atom stereocenters. The van der Waals surface area contributed by atoms with Crippen LogP contribution in [0.25, 0.3) is 0 Å². The van der Waals surface area contributed by atoms with Crippen molar-refractivity contribution in [3.63, 3.8) is 0 Å². The van der Waals surface area contributed by atoms with E-state index in [1.807, 2.05) is 11.8 Å². The van der Waals surface area contributed by atoms with Crippen LogP contribution in [0.1, 0.15) is 38.3 Å². The highest BCUT2D eigenvalue weighted by Gasteiger charge is 2.38. The van der Waals surface area contributed by atoms with Crippen molar-refractivity contribution >= 4 is 17.7 Å². The molecule has 0 aliphatic carbocycles. The zero-order valence-corrected chi connectivity index (χ0v) is 15.7. The van der Waals surface area contributed by atoms with Crippen LogP contribution in [0.15, 0.2) is 12.5 Å². The molecule has 0 radical (unpaired) electrons. The minimum Gasteiger partial charge on any atom is -0.355 e. The molecule has 1 aromatic heterocycles. The Morgan fingerprint density at radius 2 is 2.04 bits per heavy atom. The molecule has 3 rings (SSSR count). The normalized spacial score (nSPS) is 23.2. The van der Waals surface area contributed by atoms with Crippen LogP contribution >= 0.6 is 0 Å². The van der Waals surface area contributed by atoms with Crippen LogP contribution in [0.2, 0.25) is 0 Å². The van der Waals surface area contributed by atoms with Crippen molar-refractivity contribution in [1.82, 2.24) is 30.4 Å². The van der Waals surface area contributed by atoms with Gasteiger partial charge in [-0.25, -0.2) is 4.98 Å². The first-order chi connectivity index (χ1) is 13.1. The van der Waals surface area contributed by atoms with Crippen LogP contribution in [0.5, 0.6) is 0 Å². The first-order valence-corrected chi connectivity index (χ1v) is 9.67. The van der Waals surface area contributed by atoms with Crippen LogP contribution in [-0.4, -0.2) is 75.8 Å². The van der Waals surface area contributed by atoms with E-state index in [1.54, 1.807) is 17.4 Å². The van der Waals surface area contributed by atoms with Crippen LogP contribution < -0.4 is 10.6 Å². The van der Waals surface area contributed by atoms with Crippen molar-refractivity contribution in [3.05, 3.63) is 18.2 Å². The summed E-state index contributed by atoms with van der Waals surface area (Å²) in [5.41, 5.74) is 0.903. The summed E-state index contributed by atoms with van der Waals surface area (Å²) in [5, 5.41) is 5.69. The van der Waals surface area contributed by atoms with E-state index >= 15 is 0 Å². The molecule has 27 heavy (non-hydrogen) atoms.